The normalized spacial score (nSPS) is 18.2. The molecule has 250 valence electrons. The summed E-state index contributed by atoms with van der Waals surface area (Å²) in [5.74, 6) is 0. The zero-order valence-electron chi connectivity index (χ0n) is 27.9. The van der Waals surface area contributed by atoms with Crippen molar-refractivity contribution in [1.82, 2.24) is 4.90 Å². The summed E-state index contributed by atoms with van der Waals surface area (Å²) < 4.78 is 18.4. The van der Waals surface area contributed by atoms with Crippen molar-refractivity contribution >= 4 is 11.8 Å². The number of hydrogen-bond acceptors (Lipinski definition) is 6. The molecule has 0 spiro atoms. The molecule has 1 aliphatic heterocycles. The van der Waals surface area contributed by atoms with Crippen LogP contribution < -0.4 is 5.32 Å². The van der Waals surface area contributed by atoms with Crippen molar-refractivity contribution in [3.05, 3.63) is 77.9 Å². The van der Waals surface area contributed by atoms with Gasteiger partial charge in [0.1, 0.15) is 6.61 Å². The Hall–Kier alpha value is -2.71. The van der Waals surface area contributed by atoms with Crippen molar-refractivity contribution in [3.8, 4) is 0 Å². The van der Waals surface area contributed by atoms with Gasteiger partial charge >= 0.3 is 6.09 Å². The monoisotopic (exact) mass is 622 g/mol. The largest absolute Gasteiger partial charge is 0.445 e. The molecule has 1 fully saturated rings. The highest BCUT2D eigenvalue weighted by Crippen LogP contribution is 2.38. The van der Waals surface area contributed by atoms with Crippen molar-refractivity contribution < 1.29 is 24.1 Å². The summed E-state index contributed by atoms with van der Waals surface area (Å²) in [6, 6.07) is 15.6. The van der Waals surface area contributed by atoms with Crippen LogP contribution in [0.2, 0.25) is 0 Å². The average molecular weight is 623 g/mol. The Morgan fingerprint density at radius 2 is 1.56 bits per heavy atom. The second-order valence-corrected chi connectivity index (χ2v) is 12.3. The number of nitrogens with zero attached hydrogens (tertiary/aromatic N) is 1. The molecular formula is C38H58N2O5. The quantitative estimate of drug-likeness (QED) is 0.101. The fourth-order valence-electron chi connectivity index (χ4n) is 5.90. The lowest BCUT2D eigenvalue weighted by molar-refractivity contribution is -0.253. The minimum Gasteiger partial charge on any atom is -0.445 e. The molecular weight excluding hydrogens is 564 g/mol. The number of aliphatic hydroxyl groups is 1. The van der Waals surface area contributed by atoms with E-state index in [-0.39, 0.29) is 25.4 Å². The molecule has 0 bridgehead atoms. The molecule has 0 aromatic heterocycles. The summed E-state index contributed by atoms with van der Waals surface area (Å²) in [5, 5.41) is 12.4. The van der Waals surface area contributed by atoms with Crippen molar-refractivity contribution in [2.75, 3.05) is 31.6 Å². The number of aliphatic hydroxyl groups excluding tert-OH is 1. The Labute approximate surface area is 272 Å². The highest BCUT2D eigenvalue weighted by Gasteiger charge is 2.33. The van der Waals surface area contributed by atoms with Crippen LogP contribution in [0.5, 0.6) is 0 Å². The molecule has 0 unspecified atom stereocenters. The third-order valence-electron chi connectivity index (χ3n) is 8.47. The summed E-state index contributed by atoms with van der Waals surface area (Å²) in [6.07, 6.45) is 16.5. The van der Waals surface area contributed by atoms with E-state index >= 15 is 0 Å². The van der Waals surface area contributed by atoms with E-state index in [2.05, 4.69) is 30.6 Å². The van der Waals surface area contributed by atoms with Crippen LogP contribution in [0.3, 0.4) is 0 Å². The van der Waals surface area contributed by atoms with E-state index < -0.39 is 12.4 Å². The van der Waals surface area contributed by atoms with E-state index in [1.54, 1.807) is 0 Å². The maximum atomic E-state index is 12.2. The molecule has 2 aromatic carbocycles. The molecule has 3 atom stereocenters. The molecule has 1 amide bonds. The highest BCUT2D eigenvalue weighted by atomic mass is 16.7. The molecule has 2 aromatic rings. The number of amides is 1. The molecule has 1 saturated heterocycles. The molecule has 0 saturated carbocycles. The van der Waals surface area contributed by atoms with Crippen LogP contribution in [0, 0.1) is 0 Å². The third kappa shape index (κ3) is 14.1. The van der Waals surface area contributed by atoms with Crippen molar-refractivity contribution in [2.45, 2.75) is 122 Å². The second kappa shape index (κ2) is 21.9. The first kappa shape index (κ1) is 36.8. The van der Waals surface area contributed by atoms with Crippen LogP contribution in [0.25, 0.3) is 0 Å². The third-order valence-corrected chi connectivity index (χ3v) is 8.47. The first-order chi connectivity index (χ1) is 22.1. The number of carbonyl (C=O) groups excluding carboxylic acids is 1. The second-order valence-electron chi connectivity index (χ2n) is 12.3. The molecule has 0 aliphatic carbocycles. The van der Waals surface area contributed by atoms with E-state index in [4.69, 9.17) is 14.2 Å². The average Bonchev–Trinajstić information content (AvgIpc) is 3.06. The number of hydrogen-bond donors (Lipinski definition) is 2. The van der Waals surface area contributed by atoms with Gasteiger partial charge in [0.25, 0.3) is 0 Å². The van der Waals surface area contributed by atoms with Gasteiger partial charge in [0.2, 0.25) is 0 Å². The molecule has 2 N–H and O–H groups in total. The van der Waals surface area contributed by atoms with Crippen molar-refractivity contribution in [1.29, 1.82) is 0 Å². The summed E-state index contributed by atoms with van der Waals surface area (Å²) in [7, 11) is 0. The molecule has 0 radical (unpaired) electrons. The highest BCUT2D eigenvalue weighted by molar-refractivity contribution is 5.84. The first-order valence-electron chi connectivity index (χ1n) is 17.4. The van der Waals surface area contributed by atoms with Crippen LogP contribution in [-0.2, 0) is 20.8 Å². The maximum absolute atomic E-state index is 12.2. The summed E-state index contributed by atoms with van der Waals surface area (Å²) in [4.78, 5) is 14.8. The number of carbonyl (C=O) groups is 1. The van der Waals surface area contributed by atoms with Gasteiger partial charge in [-0.1, -0.05) is 127 Å². The molecule has 1 aliphatic rings. The summed E-state index contributed by atoms with van der Waals surface area (Å²) in [6.45, 7) is 11.3. The number of anilines is 1. The Morgan fingerprint density at radius 1 is 0.911 bits per heavy atom. The zero-order valence-corrected chi connectivity index (χ0v) is 27.9. The summed E-state index contributed by atoms with van der Waals surface area (Å²) in [5.41, 5.74) is 3.42. The molecule has 7 heteroatoms. The number of benzene rings is 2. The smallest absolute Gasteiger partial charge is 0.411 e. The molecule has 45 heavy (non-hydrogen) atoms. The van der Waals surface area contributed by atoms with Crippen molar-refractivity contribution in [3.63, 3.8) is 0 Å². The predicted molar refractivity (Wildman–Crippen MR) is 183 cm³/mol. The lowest BCUT2D eigenvalue weighted by Crippen LogP contribution is -2.40. The van der Waals surface area contributed by atoms with Gasteiger partial charge in [-0.15, -0.1) is 0 Å². The van der Waals surface area contributed by atoms with E-state index in [0.29, 0.717) is 5.69 Å². The fraction of sp³-hybridized carbons (Fsp3) is 0.605. The Morgan fingerprint density at radius 3 is 2.18 bits per heavy atom. The molecule has 1 heterocycles. The minimum atomic E-state index is -0.581. The Bertz CT molecular complexity index is 1080. The van der Waals surface area contributed by atoms with Gasteiger partial charge in [-0.2, -0.15) is 0 Å². The number of nitrogens with one attached hydrogen (secondary N) is 1. The van der Waals surface area contributed by atoms with E-state index in [1.807, 2.05) is 48.5 Å². The first-order valence-corrected chi connectivity index (χ1v) is 17.4. The van der Waals surface area contributed by atoms with Crippen LogP contribution in [0.1, 0.15) is 126 Å². The fourth-order valence-corrected chi connectivity index (χ4v) is 5.90. The maximum Gasteiger partial charge on any atom is 0.411 e. The summed E-state index contributed by atoms with van der Waals surface area (Å²) >= 11 is 0. The molecule has 7 nitrogen and oxygen atoms in total. The SMILES string of the molecule is C=CCOC(=O)Nc1cccc([C@H]2O[C@@H](CN(CCCCCCCC)CCCCCCCC)C[C@@H](c3ccc(CO)cc3)O2)c1. The Kier molecular flexibility index (Phi) is 17.9. The van der Waals surface area contributed by atoms with Crippen LogP contribution in [-0.4, -0.2) is 48.4 Å². The minimum absolute atomic E-state index is 0.0133. The van der Waals surface area contributed by atoms with E-state index in [9.17, 15) is 9.90 Å². The van der Waals surface area contributed by atoms with Gasteiger partial charge in [-0.3, -0.25) is 5.32 Å². The zero-order chi connectivity index (χ0) is 32.1. The molecule has 3 rings (SSSR count). The van der Waals surface area contributed by atoms with Gasteiger partial charge in [0.15, 0.2) is 6.29 Å². The number of rotatable bonds is 22. The number of ether oxygens (including phenoxy) is 3. The van der Waals surface area contributed by atoms with Crippen molar-refractivity contribution in [2.24, 2.45) is 0 Å². The van der Waals surface area contributed by atoms with Gasteiger partial charge in [-0.25, -0.2) is 4.79 Å². The Balaban J connectivity index is 1.74. The lowest BCUT2D eigenvalue weighted by Gasteiger charge is -2.38. The number of unbranched alkanes of at least 4 members (excludes halogenated alkanes) is 10. The lowest BCUT2D eigenvalue weighted by atomic mass is 9.99. The topological polar surface area (TPSA) is 80.3 Å². The van der Waals surface area contributed by atoms with Crippen LogP contribution in [0.4, 0.5) is 10.5 Å². The van der Waals surface area contributed by atoms with E-state index in [0.717, 1.165) is 42.7 Å². The van der Waals surface area contributed by atoms with Gasteiger partial charge < -0.3 is 24.2 Å². The van der Waals surface area contributed by atoms with Gasteiger partial charge in [-0.05, 0) is 49.2 Å². The van der Waals surface area contributed by atoms with Crippen LogP contribution >= 0.6 is 0 Å². The predicted octanol–water partition coefficient (Wildman–Crippen LogP) is 9.48. The standard InChI is InChI=1S/C38H58N2O5/c1-4-7-9-11-13-15-24-40(25-16-14-12-10-8-5-2)29-35-28-36(32-22-20-31(30-41)21-23-32)45-37(44-35)33-18-17-19-34(27-33)39-38(42)43-26-6-3/h6,17-23,27,35-37,41H,3-5,7-16,24-26,28-30H2,1-2H3,(H,39,42)/t35-,36+,37+/m1/s1. The van der Waals surface area contributed by atoms with Gasteiger partial charge in [0.05, 0.1) is 18.8 Å². The van der Waals surface area contributed by atoms with E-state index in [1.165, 1.54) is 83.1 Å². The van der Waals surface area contributed by atoms with Gasteiger partial charge in [0, 0.05) is 24.2 Å². The van der Waals surface area contributed by atoms with Crippen LogP contribution in [0.15, 0.2) is 61.2 Å².